The molecule has 2 aromatic rings. The summed E-state index contributed by atoms with van der Waals surface area (Å²) in [5, 5.41) is 7.56. The number of carbonyl (C=O) groups is 1. The maximum atomic E-state index is 12.3. The van der Waals surface area contributed by atoms with Gasteiger partial charge >= 0.3 is 0 Å². The Kier molecular flexibility index (Phi) is 3.30. The highest BCUT2D eigenvalue weighted by Gasteiger charge is 2.23. The third-order valence-corrected chi connectivity index (χ3v) is 3.65. The molecule has 1 aliphatic rings. The smallest absolute Gasteiger partial charge is 0.244 e. The summed E-state index contributed by atoms with van der Waals surface area (Å²) in [7, 11) is 0. The second-order valence-electron chi connectivity index (χ2n) is 5.29. The molecule has 3 heterocycles. The van der Waals surface area contributed by atoms with Crippen molar-refractivity contribution in [2.24, 2.45) is 0 Å². The molecule has 106 valence electrons. The van der Waals surface area contributed by atoms with E-state index in [9.17, 15) is 4.79 Å². The van der Waals surface area contributed by atoms with Gasteiger partial charge in [-0.05, 0) is 32.8 Å². The van der Waals surface area contributed by atoms with Gasteiger partial charge in [-0.15, -0.1) is 0 Å². The molecule has 1 N–H and O–H groups in total. The summed E-state index contributed by atoms with van der Waals surface area (Å²) in [6, 6.07) is 1.68. The van der Waals surface area contributed by atoms with Gasteiger partial charge < -0.3 is 10.2 Å². The minimum Gasteiger partial charge on any atom is -0.357 e. The maximum absolute atomic E-state index is 12.3. The lowest BCUT2D eigenvalue weighted by Crippen LogP contribution is -2.39. The third kappa shape index (κ3) is 2.33. The molecular formula is C14H19N5O. The minimum absolute atomic E-state index is 0.141. The number of anilines is 1. The second kappa shape index (κ2) is 5.11. The molecule has 1 unspecified atom stereocenters. The van der Waals surface area contributed by atoms with Crippen LogP contribution in [0.1, 0.15) is 25.5 Å². The molecule has 1 fully saturated rings. The molecule has 1 amide bonds. The van der Waals surface area contributed by atoms with Gasteiger partial charge in [0.25, 0.3) is 0 Å². The van der Waals surface area contributed by atoms with Crippen LogP contribution in [-0.2, 0) is 4.79 Å². The number of hydrogen-bond donors (Lipinski definition) is 1. The van der Waals surface area contributed by atoms with Gasteiger partial charge in [0.1, 0.15) is 11.6 Å². The summed E-state index contributed by atoms with van der Waals surface area (Å²) in [4.78, 5) is 18.5. The largest absolute Gasteiger partial charge is 0.357 e. The fourth-order valence-electron chi connectivity index (χ4n) is 2.63. The van der Waals surface area contributed by atoms with Crippen LogP contribution in [0, 0.1) is 6.92 Å². The molecule has 2 aromatic heterocycles. The molecule has 20 heavy (non-hydrogen) atoms. The summed E-state index contributed by atoms with van der Waals surface area (Å²) < 4.78 is 1.78. The summed E-state index contributed by atoms with van der Waals surface area (Å²) in [5.74, 6) is 0.843. The number of nitrogens with zero attached hydrogens (tertiary/aromatic N) is 4. The predicted molar refractivity (Wildman–Crippen MR) is 76.6 cm³/mol. The van der Waals surface area contributed by atoms with E-state index in [0.29, 0.717) is 5.82 Å². The van der Waals surface area contributed by atoms with Gasteiger partial charge in [0.15, 0.2) is 5.82 Å². The van der Waals surface area contributed by atoms with Gasteiger partial charge in [-0.3, -0.25) is 4.79 Å². The number of amides is 1. The number of hydrogen-bond acceptors (Lipinski definition) is 4. The van der Waals surface area contributed by atoms with Gasteiger partial charge in [0.2, 0.25) is 5.91 Å². The van der Waals surface area contributed by atoms with Gasteiger partial charge in [-0.25, -0.2) is 9.50 Å². The van der Waals surface area contributed by atoms with Crippen molar-refractivity contribution in [3.8, 4) is 0 Å². The monoisotopic (exact) mass is 273 g/mol. The highest BCUT2D eigenvalue weighted by Crippen LogP contribution is 2.17. The Labute approximate surface area is 117 Å². The van der Waals surface area contributed by atoms with Crippen LogP contribution in [0.3, 0.4) is 0 Å². The van der Waals surface area contributed by atoms with Gasteiger partial charge in [-0.1, -0.05) is 0 Å². The average molecular weight is 273 g/mol. The molecule has 1 saturated heterocycles. The number of likely N-dealkylation sites (tertiary alicyclic amines) is 1. The van der Waals surface area contributed by atoms with Crippen molar-refractivity contribution in [2.75, 3.05) is 18.4 Å². The molecule has 0 spiro atoms. The molecule has 3 rings (SSSR count). The van der Waals surface area contributed by atoms with E-state index in [1.807, 2.05) is 24.8 Å². The van der Waals surface area contributed by atoms with Gasteiger partial charge in [0, 0.05) is 25.5 Å². The van der Waals surface area contributed by atoms with E-state index in [0.717, 1.165) is 37.1 Å². The summed E-state index contributed by atoms with van der Waals surface area (Å²) >= 11 is 0. The van der Waals surface area contributed by atoms with E-state index >= 15 is 0 Å². The Bertz CT molecular complexity index is 630. The topological polar surface area (TPSA) is 62.5 Å². The lowest BCUT2D eigenvalue weighted by Gasteiger charge is -2.21. The predicted octanol–water partition coefficient (Wildman–Crippen LogP) is 1.46. The van der Waals surface area contributed by atoms with Crippen LogP contribution in [0.2, 0.25) is 0 Å². The zero-order valence-corrected chi connectivity index (χ0v) is 11.8. The van der Waals surface area contributed by atoms with Crippen LogP contribution in [-0.4, -0.2) is 44.5 Å². The zero-order valence-electron chi connectivity index (χ0n) is 11.8. The summed E-state index contributed by atoms with van der Waals surface area (Å²) in [6.45, 7) is 5.56. The van der Waals surface area contributed by atoms with Gasteiger partial charge in [-0.2, -0.15) is 5.10 Å². The van der Waals surface area contributed by atoms with E-state index in [1.54, 1.807) is 16.9 Å². The second-order valence-corrected chi connectivity index (χ2v) is 5.29. The number of aryl methyl sites for hydroxylation is 1. The van der Waals surface area contributed by atoms with Crippen molar-refractivity contribution in [3.63, 3.8) is 0 Å². The van der Waals surface area contributed by atoms with Crippen molar-refractivity contribution in [1.82, 2.24) is 19.5 Å². The van der Waals surface area contributed by atoms with Crippen molar-refractivity contribution in [3.05, 3.63) is 24.2 Å². The Hall–Kier alpha value is -2.11. The normalized spacial score (nSPS) is 16.6. The average Bonchev–Trinajstić information content (AvgIpc) is 3.06. The molecule has 6 nitrogen and oxygen atoms in total. The van der Waals surface area contributed by atoms with Crippen LogP contribution in [0.5, 0.6) is 0 Å². The van der Waals surface area contributed by atoms with E-state index in [-0.39, 0.29) is 11.9 Å². The highest BCUT2D eigenvalue weighted by atomic mass is 16.2. The van der Waals surface area contributed by atoms with Crippen molar-refractivity contribution in [2.45, 2.75) is 32.7 Å². The first kappa shape index (κ1) is 12.9. The maximum Gasteiger partial charge on any atom is 0.244 e. The Morgan fingerprint density at radius 1 is 1.40 bits per heavy atom. The molecular weight excluding hydrogens is 254 g/mol. The standard InChI is InChI=1S/C14H19N5O/c1-10-9-12-13(15-5-8-19(12)17-10)16-11(2)14(20)18-6-3-4-7-18/h5,8-9,11H,3-4,6-7H2,1-2H3,(H,15,16). The summed E-state index contributed by atoms with van der Waals surface area (Å²) in [6.07, 6.45) is 5.71. The Morgan fingerprint density at radius 2 is 2.15 bits per heavy atom. The first-order chi connectivity index (χ1) is 9.65. The van der Waals surface area contributed by atoms with E-state index in [4.69, 9.17) is 0 Å². The number of nitrogens with one attached hydrogen (secondary N) is 1. The highest BCUT2D eigenvalue weighted by molar-refractivity contribution is 5.85. The fourth-order valence-corrected chi connectivity index (χ4v) is 2.63. The lowest BCUT2D eigenvalue weighted by molar-refractivity contribution is -0.130. The molecule has 0 saturated carbocycles. The van der Waals surface area contributed by atoms with E-state index in [2.05, 4.69) is 15.4 Å². The fraction of sp³-hybridized carbons (Fsp3) is 0.500. The lowest BCUT2D eigenvalue weighted by atomic mass is 10.3. The van der Waals surface area contributed by atoms with Crippen molar-refractivity contribution >= 4 is 17.2 Å². The van der Waals surface area contributed by atoms with Gasteiger partial charge in [0.05, 0.1) is 5.69 Å². The number of carbonyl (C=O) groups excluding carboxylic acids is 1. The molecule has 0 radical (unpaired) electrons. The zero-order chi connectivity index (χ0) is 14.1. The minimum atomic E-state index is -0.276. The third-order valence-electron chi connectivity index (χ3n) is 3.65. The summed E-state index contributed by atoms with van der Waals surface area (Å²) in [5.41, 5.74) is 1.82. The molecule has 0 bridgehead atoms. The van der Waals surface area contributed by atoms with E-state index in [1.165, 1.54) is 0 Å². The number of aromatic nitrogens is 3. The van der Waals surface area contributed by atoms with Crippen LogP contribution in [0.4, 0.5) is 5.82 Å². The first-order valence-electron chi connectivity index (χ1n) is 7.01. The molecule has 1 atom stereocenters. The van der Waals surface area contributed by atoms with Crippen molar-refractivity contribution < 1.29 is 4.79 Å². The SMILES string of the molecule is Cc1cc2c(NC(C)C(=O)N3CCCC3)nccn2n1. The van der Waals surface area contributed by atoms with Crippen molar-refractivity contribution in [1.29, 1.82) is 0 Å². The number of fused-ring (bicyclic) bond motifs is 1. The van der Waals surface area contributed by atoms with Crippen LogP contribution < -0.4 is 5.32 Å². The Morgan fingerprint density at radius 3 is 2.90 bits per heavy atom. The number of rotatable bonds is 3. The van der Waals surface area contributed by atoms with Crippen LogP contribution in [0.15, 0.2) is 18.5 Å². The molecule has 0 aliphatic carbocycles. The first-order valence-corrected chi connectivity index (χ1v) is 7.01. The van der Waals surface area contributed by atoms with Crippen LogP contribution in [0.25, 0.3) is 5.52 Å². The van der Waals surface area contributed by atoms with E-state index < -0.39 is 0 Å². The molecule has 6 heteroatoms. The molecule has 1 aliphatic heterocycles. The quantitative estimate of drug-likeness (QED) is 0.919. The van der Waals surface area contributed by atoms with Crippen LogP contribution >= 0.6 is 0 Å². The Balaban J connectivity index is 1.80. The molecule has 0 aromatic carbocycles.